The third kappa shape index (κ3) is 12.3. The van der Waals surface area contributed by atoms with E-state index in [1.807, 2.05) is 0 Å². The predicted octanol–water partition coefficient (Wildman–Crippen LogP) is 13.1. The van der Waals surface area contributed by atoms with Crippen molar-refractivity contribution >= 4 is 45.5 Å². The summed E-state index contributed by atoms with van der Waals surface area (Å²) < 4.78 is 9.87. The van der Waals surface area contributed by atoms with Gasteiger partial charge in [-0.1, -0.05) is 136 Å². The van der Waals surface area contributed by atoms with E-state index in [9.17, 15) is 0 Å². The van der Waals surface area contributed by atoms with Crippen LogP contribution in [0.5, 0.6) is 0 Å². The summed E-state index contributed by atoms with van der Waals surface area (Å²) in [5.74, 6) is 0.599. The average Bonchev–Trinajstić information content (AvgIpc) is 3.68. The van der Waals surface area contributed by atoms with E-state index >= 15 is 0 Å². The monoisotopic (exact) mass is 756 g/mol. The van der Waals surface area contributed by atoms with Gasteiger partial charge in [-0.3, -0.25) is 0 Å². The molecule has 0 saturated heterocycles. The Morgan fingerprint density at radius 3 is 1.43 bits per heavy atom. The molecular formula is C46H73N7S. The van der Waals surface area contributed by atoms with E-state index in [1.54, 1.807) is 0 Å². The summed E-state index contributed by atoms with van der Waals surface area (Å²) in [5.41, 5.74) is 24.6. The Hall–Kier alpha value is -3.36. The highest BCUT2D eigenvalue weighted by molar-refractivity contribution is 7.00. The van der Waals surface area contributed by atoms with E-state index in [-0.39, 0.29) is 0 Å². The van der Waals surface area contributed by atoms with Gasteiger partial charge in [0.15, 0.2) is 0 Å². The molecule has 0 aliphatic rings. The highest BCUT2D eigenvalue weighted by Crippen LogP contribution is 2.46. The van der Waals surface area contributed by atoms with E-state index in [0.717, 1.165) is 78.1 Å². The van der Waals surface area contributed by atoms with Crippen molar-refractivity contribution in [3.8, 4) is 22.3 Å². The van der Waals surface area contributed by atoms with Crippen LogP contribution in [0.1, 0.15) is 144 Å². The number of anilines is 4. The van der Waals surface area contributed by atoms with Crippen LogP contribution in [0.2, 0.25) is 0 Å². The Labute approximate surface area is 333 Å². The Morgan fingerprint density at radius 2 is 1.00 bits per heavy atom. The number of fused-ring (bicyclic) bond motifs is 1. The first-order chi connectivity index (χ1) is 26.5. The normalized spacial score (nSPS) is 12.0. The second-order valence-electron chi connectivity index (χ2n) is 15.3. The number of unbranched alkanes of at least 4 members (excludes halogenated alkanes) is 9. The Balaban J connectivity index is 1.75. The Morgan fingerprint density at radius 1 is 0.574 bits per heavy atom. The SMILES string of the molecule is CCCCCN(CCCCC)c1ccc(-c2c(N)c(NNCC(CC)CCCC)c(-c3ccc(N(CCCCC)CCCCC)cc3)c3nsnc23)cc1. The molecule has 54 heavy (non-hydrogen) atoms. The van der Waals surface area contributed by atoms with Crippen molar-refractivity contribution in [2.45, 2.75) is 144 Å². The summed E-state index contributed by atoms with van der Waals surface area (Å²) in [6.45, 7) is 18.9. The van der Waals surface area contributed by atoms with Crippen molar-refractivity contribution < 1.29 is 0 Å². The maximum absolute atomic E-state index is 7.30. The van der Waals surface area contributed by atoms with Gasteiger partial charge in [-0.2, -0.15) is 8.75 Å². The average molecular weight is 756 g/mol. The molecule has 1 atom stereocenters. The molecule has 0 bridgehead atoms. The molecule has 4 N–H and O–H groups in total. The number of aromatic nitrogens is 2. The molecule has 0 aliphatic carbocycles. The lowest BCUT2D eigenvalue weighted by Gasteiger charge is -2.26. The van der Waals surface area contributed by atoms with Gasteiger partial charge in [-0.15, -0.1) is 0 Å². The molecule has 4 aromatic rings. The molecule has 0 radical (unpaired) electrons. The van der Waals surface area contributed by atoms with Gasteiger partial charge in [0, 0.05) is 55.2 Å². The van der Waals surface area contributed by atoms with Crippen LogP contribution in [0.15, 0.2) is 48.5 Å². The third-order valence-corrected chi connectivity index (χ3v) is 11.6. The Bertz CT molecular complexity index is 1580. The predicted molar refractivity (Wildman–Crippen MR) is 240 cm³/mol. The number of nitrogen functional groups attached to an aromatic ring is 1. The summed E-state index contributed by atoms with van der Waals surface area (Å²) in [6.07, 6.45) is 19.7. The fourth-order valence-electron chi connectivity index (χ4n) is 7.58. The number of nitrogens with two attached hydrogens (primary N) is 1. The van der Waals surface area contributed by atoms with Gasteiger partial charge >= 0.3 is 0 Å². The largest absolute Gasteiger partial charge is 0.396 e. The van der Waals surface area contributed by atoms with Crippen LogP contribution in [-0.2, 0) is 0 Å². The maximum Gasteiger partial charge on any atom is 0.115 e. The van der Waals surface area contributed by atoms with Crippen molar-refractivity contribution in [2.75, 3.05) is 53.7 Å². The minimum Gasteiger partial charge on any atom is -0.396 e. The number of hydrogen-bond acceptors (Lipinski definition) is 8. The van der Waals surface area contributed by atoms with Crippen molar-refractivity contribution in [3.63, 3.8) is 0 Å². The van der Waals surface area contributed by atoms with Crippen molar-refractivity contribution in [1.29, 1.82) is 0 Å². The summed E-state index contributed by atoms with van der Waals surface area (Å²) in [6, 6.07) is 18.1. The molecule has 1 unspecified atom stereocenters. The second kappa shape index (κ2) is 24.2. The van der Waals surface area contributed by atoms with Crippen LogP contribution in [0.4, 0.5) is 22.7 Å². The quantitative estimate of drug-likeness (QED) is 0.0302. The van der Waals surface area contributed by atoms with E-state index < -0.39 is 0 Å². The zero-order valence-electron chi connectivity index (χ0n) is 34.8. The van der Waals surface area contributed by atoms with Crippen molar-refractivity contribution in [1.82, 2.24) is 14.2 Å². The van der Waals surface area contributed by atoms with Crippen LogP contribution in [0.3, 0.4) is 0 Å². The number of hydrazine groups is 1. The zero-order valence-corrected chi connectivity index (χ0v) is 35.6. The lowest BCUT2D eigenvalue weighted by atomic mass is 9.93. The van der Waals surface area contributed by atoms with Gasteiger partial charge in [0.25, 0.3) is 0 Å². The minimum absolute atomic E-state index is 0.599. The number of benzene rings is 3. The van der Waals surface area contributed by atoms with E-state index in [1.165, 1.54) is 119 Å². The number of rotatable bonds is 28. The lowest BCUT2D eigenvalue weighted by Crippen LogP contribution is -2.29. The highest BCUT2D eigenvalue weighted by Gasteiger charge is 2.24. The third-order valence-electron chi connectivity index (χ3n) is 11.1. The molecule has 0 saturated carbocycles. The minimum atomic E-state index is 0.599. The summed E-state index contributed by atoms with van der Waals surface area (Å²) in [7, 11) is 0. The Kier molecular flexibility index (Phi) is 19.4. The molecule has 298 valence electrons. The van der Waals surface area contributed by atoms with Crippen LogP contribution >= 0.6 is 11.7 Å². The number of nitrogens with one attached hydrogen (secondary N) is 2. The molecule has 1 heterocycles. The van der Waals surface area contributed by atoms with Gasteiger partial charge in [0.05, 0.1) is 23.1 Å². The first kappa shape index (κ1) is 43.4. The van der Waals surface area contributed by atoms with Crippen molar-refractivity contribution in [3.05, 3.63) is 48.5 Å². The molecule has 0 spiro atoms. The number of hydrogen-bond donors (Lipinski definition) is 3. The van der Waals surface area contributed by atoms with Crippen LogP contribution in [0.25, 0.3) is 33.3 Å². The molecule has 0 fully saturated rings. The topological polar surface area (TPSA) is 82.3 Å². The van der Waals surface area contributed by atoms with Crippen LogP contribution in [0, 0.1) is 5.92 Å². The molecule has 8 heteroatoms. The van der Waals surface area contributed by atoms with Gasteiger partial charge in [0.1, 0.15) is 11.0 Å². The maximum atomic E-state index is 7.30. The zero-order chi connectivity index (χ0) is 38.5. The molecule has 0 aliphatic heterocycles. The van der Waals surface area contributed by atoms with Gasteiger partial charge < -0.3 is 21.0 Å². The van der Waals surface area contributed by atoms with E-state index in [0.29, 0.717) is 11.6 Å². The first-order valence-corrected chi connectivity index (χ1v) is 22.5. The second-order valence-corrected chi connectivity index (χ2v) is 15.8. The van der Waals surface area contributed by atoms with Crippen LogP contribution in [-0.4, -0.2) is 41.5 Å². The fourth-order valence-corrected chi connectivity index (χ4v) is 8.14. The number of nitrogens with zero attached hydrogens (tertiary/aromatic N) is 4. The van der Waals surface area contributed by atoms with Crippen LogP contribution < -0.4 is 26.4 Å². The standard InChI is InChI=1S/C46H73N7S/c1-7-13-18-31-52(32-19-14-8-2)39-27-23-37(24-28-39)41-43(47)44(49-48-35-36(12-6)22-17-11-5)42(46-45(41)50-54-51-46)38-25-29-40(30-26-38)53(33-20-15-9-3)34-21-16-10-4/h23-30,36,48-49H,7-22,31-35,47H2,1-6H3. The fraction of sp³-hybridized carbons (Fsp3) is 0.609. The molecule has 0 amide bonds. The molecule has 1 aromatic heterocycles. The molecule has 7 nitrogen and oxygen atoms in total. The van der Waals surface area contributed by atoms with Crippen molar-refractivity contribution in [2.24, 2.45) is 5.92 Å². The molecular weight excluding hydrogens is 683 g/mol. The summed E-state index contributed by atoms with van der Waals surface area (Å²) in [4.78, 5) is 5.15. The molecule has 3 aromatic carbocycles. The van der Waals surface area contributed by atoms with Gasteiger partial charge in [-0.05, 0) is 73.4 Å². The highest BCUT2D eigenvalue weighted by atomic mass is 32.1. The van der Waals surface area contributed by atoms with Gasteiger partial charge in [0.2, 0.25) is 0 Å². The van der Waals surface area contributed by atoms with Gasteiger partial charge in [-0.25, -0.2) is 5.43 Å². The summed E-state index contributed by atoms with van der Waals surface area (Å²) in [5, 5.41) is 0. The first-order valence-electron chi connectivity index (χ1n) is 21.8. The smallest absolute Gasteiger partial charge is 0.115 e. The summed E-state index contributed by atoms with van der Waals surface area (Å²) >= 11 is 1.27. The van der Waals surface area contributed by atoms with E-state index in [2.05, 4.69) is 111 Å². The lowest BCUT2D eigenvalue weighted by molar-refractivity contribution is 0.433. The molecule has 4 rings (SSSR count). The van der Waals surface area contributed by atoms with E-state index in [4.69, 9.17) is 14.5 Å².